The number of nitrogens with zero attached hydrogens (tertiary/aromatic N) is 1. The highest BCUT2D eigenvalue weighted by molar-refractivity contribution is 9.04. The van der Waals surface area contributed by atoms with E-state index in [9.17, 15) is 0 Å². The fraction of sp³-hybridized carbons (Fsp3) is 0. The highest BCUT2D eigenvalue weighted by atomic mass is 33.5. The van der Waals surface area contributed by atoms with Gasteiger partial charge < -0.3 is 0 Å². The lowest BCUT2D eigenvalue weighted by atomic mass is 13.4. The van der Waals surface area contributed by atoms with Crippen LogP contribution in [0.3, 0.4) is 0 Å². The van der Waals surface area contributed by atoms with Crippen LogP contribution < -0.4 is 0 Å². The van der Waals surface area contributed by atoms with Gasteiger partial charge in [0.05, 0.1) is 0 Å². The molecular formula is HNO3S3. The molecule has 0 aromatic heterocycles. The largest absolute Gasteiger partial charge is 0.191 e. The average molecular weight is 159 g/mol. The van der Waals surface area contributed by atoms with Gasteiger partial charge in [0.15, 0.2) is 5.34 Å². The van der Waals surface area contributed by atoms with Gasteiger partial charge in [-0.25, -0.2) is 0 Å². The van der Waals surface area contributed by atoms with Gasteiger partial charge in [-0.2, -0.15) is 4.99 Å². The fourth-order valence-corrected chi connectivity index (χ4v) is 0.484. The van der Waals surface area contributed by atoms with Crippen LogP contribution in [-0.2, 0) is 9.32 Å². The molecule has 0 aromatic carbocycles. The van der Waals surface area contributed by atoms with E-state index < -0.39 is 0 Å². The second-order valence-electron chi connectivity index (χ2n) is 0.360. The maximum Gasteiger partial charge on any atom is 0.191 e. The SMILES string of the molecule is O=NOOSSS. The zero-order chi connectivity index (χ0) is 5.54. The van der Waals surface area contributed by atoms with Crippen LogP contribution in [0, 0.1) is 4.91 Å². The van der Waals surface area contributed by atoms with Gasteiger partial charge in [0.25, 0.3) is 0 Å². The number of hydrogen-bond donors (Lipinski definition) is 1. The van der Waals surface area contributed by atoms with Crippen LogP contribution in [0.4, 0.5) is 0 Å². The first-order valence-electron chi connectivity index (χ1n) is 1.05. The highest BCUT2D eigenvalue weighted by Crippen LogP contribution is 2.25. The zero-order valence-electron chi connectivity index (χ0n) is 2.94. The standard InChI is InChI=1S/HNO3S3/c2-1-3-4-6-7-5/h5H. The first kappa shape index (κ1) is 7.41. The molecule has 0 bridgehead atoms. The molecule has 7 heavy (non-hydrogen) atoms. The number of rotatable bonds is 4. The van der Waals surface area contributed by atoms with Gasteiger partial charge in [-0.15, -0.1) is 4.91 Å². The Labute approximate surface area is 52.6 Å². The van der Waals surface area contributed by atoms with E-state index in [1.165, 1.54) is 0 Å². The minimum Gasteiger partial charge on any atom is -0.167 e. The predicted octanol–water partition coefficient (Wildman–Crippen LogP) is 1.76. The Hall–Kier alpha value is 0.410. The summed E-state index contributed by atoms with van der Waals surface area (Å²) in [7, 11) is 1.01. The van der Waals surface area contributed by atoms with Crippen LogP contribution in [0.1, 0.15) is 0 Å². The summed E-state index contributed by atoms with van der Waals surface area (Å²) in [6.07, 6.45) is 0. The summed E-state index contributed by atoms with van der Waals surface area (Å²) in [5.74, 6) is 0. The second-order valence-corrected chi connectivity index (χ2v) is 2.98. The monoisotopic (exact) mass is 159 g/mol. The molecule has 0 aliphatic heterocycles. The van der Waals surface area contributed by atoms with E-state index in [4.69, 9.17) is 4.91 Å². The Kier molecular flexibility index (Phi) is 6.79. The van der Waals surface area contributed by atoms with Crippen LogP contribution >= 0.6 is 32.6 Å². The van der Waals surface area contributed by atoms with Gasteiger partial charge in [-0.05, 0) is 0 Å². The van der Waals surface area contributed by atoms with Crippen LogP contribution in [-0.4, -0.2) is 0 Å². The van der Waals surface area contributed by atoms with Crippen molar-refractivity contribution < 1.29 is 9.32 Å². The topological polar surface area (TPSA) is 47.9 Å². The molecule has 0 N–H and O–H groups in total. The van der Waals surface area contributed by atoms with E-state index in [1.54, 1.807) is 0 Å². The van der Waals surface area contributed by atoms with Crippen molar-refractivity contribution in [1.82, 2.24) is 0 Å². The number of hydrogen-bond acceptors (Lipinski definition) is 7. The Morgan fingerprint density at radius 3 is 2.86 bits per heavy atom. The van der Waals surface area contributed by atoms with E-state index in [1.807, 2.05) is 5.34 Å². The highest BCUT2D eigenvalue weighted by Gasteiger charge is 1.82. The average Bonchev–Trinajstić information content (AvgIpc) is 1.69. The first-order chi connectivity index (χ1) is 3.41. The summed E-state index contributed by atoms with van der Waals surface area (Å²) in [6.45, 7) is 0. The van der Waals surface area contributed by atoms with Crippen molar-refractivity contribution in [3.8, 4) is 0 Å². The summed E-state index contributed by atoms with van der Waals surface area (Å²) in [4.78, 5) is 12.6. The Balaban J connectivity index is 2.56. The van der Waals surface area contributed by atoms with Gasteiger partial charge >= 0.3 is 0 Å². The van der Waals surface area contributed by atoms with Crippen molar-refractivity contribution in [1.29, 1.82) is 0 Å². The van der Waals surface area contributed by atoms with Gasteiger partial charge in [0.1, 0.15) is 11.1 Å². The van der Waals surface area contributed by atoms with Crippen LogP contribution in [0.5, 0.6) is 0 Å². The smallest absolute Gasteiger partial charge is 0.167 e. The summed E-state index contributed by atoms with van der Waals surface area (Å²) in [6, 6.07) is 0. The molecule has 0 rings (SSSR count). The molecule has 0 fully saturated rings. The summed E-state index contributed by atoms with van der Waals surface area (Å²) in [5.41, 5.74) is 0. The maximum atomic E-state index is 9.03. The van der Waals surface area contributed by atoms with Crippen LogP contribution in [0.15, 0.2) is 5.34 Å². The lowest BCUT2D eigenvalue weighted by Gasteiger charge is -1.84. The normalized spacial score (nSPS) is 8.14. The van der Waals surface area contributed by atoms with Gasteiger partial charge in [-0.1, -0.05) is 16.0 Å². The van der Waals surface area contributed by atoms with Crippen molar-refractivity contribution in [3.63, 3.8) is 0 Å². The van der Waals surface area contributed by atoms with Crippen molar-refractivity contribution in [3.05, 3.63) is 4.91 Å². The lowest BCUT2D eigenvalue weighted by Crippen LogP contribution is -1.67. The minimum absolute atomic E-state index is 0.798. The van der Waals surface area contributed by atoms with Crippen molar-refractivity contribution in [2.24, 2.45) is 5.34 Å². The molecule has 0 radical (unpaired) electrons. The molecule has 0 atom stereocenters. The van der Waals surface area contributed by atoms with Gasteiger partial charge in [-0.3, -0.25) is 0 Å². The Bertz CT molecular complexity index is 47.4. The molecule has 0 saturated carbocycles. The van der Waals surface area contributed by atoms with Crippen LogP contribution in [0.2, 0.25) is 0 Å². The summed E-state index contributed by atoms with van der Waals surface area (Å²) >= 11 is 4.42. The predicted molar refractivity (Wildman–Crippen MR) is 32.1 cm³/mol. The summed E-state index contributed by atoms with van der Waals surface area (Å²) in [5, 5.41) is 1.93. The molecular weight excluding hydrogens is 158 g/mol. The Morgan fingerprint density at radius 1 is 1.71 bits per heavy atom. The molecule has 0 aliphatic carbocycles. The second kappa shape index (κ2) is 6.41. The molecule has 0 aliphatic rings. The van der Waals surface area contributed by atoms with Crippen molar-refractivity contribution in [2.45, 2.75) is 0 Å². The first-order valence-corrected chi connectivity index (χ1v) is 4.17. The van der Waals surface area contributed by atoms with E-state index in [0.717, 1.165) is 20.9 Å². The van der Waals surface area contributed by atoms with Crippen LogP contribution in [0.25, 0.3) is 0 Å². The molecule has 0 heterocycles. The minimum atomic E-state index is 0.798. The van der Waals surface area contributed by atoms with E-state index in [0.29, 0.717) is 0 Å². The maximum absolute atomic E-state index is 9.03. The molecule has 0 saturated heterocycles. The fourth-order valence-electron chi connectivity index (χ4n) is 0.0373. The molecule has 42 valence electrons. The lowest BCUT2D eigenvalue weighted by molar-refractivity contribution is -0.191. The van der Waals surface area contributed by atoms with Gasteiger partial charge in [0, 0.05) is 9.83 Å². The van der Waals surface area contributed by atoms with E-state index >= 15 is 0 Å². The zero-order valence-corrected chi connectivity index (χ0v) is 5.46. The third-order valence-electron chi connectivity index (χ3n) is 0.119. The summed E-state index contributed by atoms with van der Waals surface area (Å²) < 4.78 is 3.96. The molecule has 0 unspecified atom stereocenters. The quantitative estimate of drug-likeness (QED) is 0.129. The Morgan fingerprint density at radius 2 is 2.43 bits per heavy atom. The van der Waals surface area contributed by atoms with E-state index in [-0.39, 0.29) is 0 Å². The third kappa shape index (κ3) is 6.41. The molecule has 0 amide bonds. The third-order valence-corrected chi connectivity index (χ3v) is 1.19. The van der Waals surface area contributed by atoms with Gasteiger partial charge in [0.2, 0.25) is 0 Å². The molecule has 0 spiro atoms. The molecule has 7 heteroatoms. The molecule has 4 nitrogen and oxygen atoms in total. The molecule has 0 aromatic rings. The van der Waals surface area contributed by atoms with E-state index in [2.05, 4.69) is 21.0 Å². The van der Waals surface area contributed by atoms with Crippen molar-refractivity contribution in [2.75, 3.05) is 0 Å². The van der Waals surface area contributed by atoms with Crippen molar-refractivity contribution >= 4 is 32.6 Å². The number of thiol groups is 1.